The van der Waals surface area contributed by atoms with Crippen molar-refractivity contribution < 1.29 is 9.47 Å². The van der Waals surface area contributed by atoms with Crippen LogP contribution in [0.4, 0.5) is 0 Å². The summed E-state index contributed by atoms with van der Waals surface area (Å²) in [7, 11) is 1.57. The normalized spacial score (nSPS) is 10.9. The molecule has 7 heteroatoms. The number of ether oxygens (including phenoxy) is 2. The van der Waals surface area contributed by atoms with Crippen LogP contribution in [-0.4, -0.2) is 28.2 Å². The molecule has 0 saturated heterocycles. The fourth-order valence-electron chi connectivity index (χ4n) is 2.07. The maximum atomic E-state index is 6.34. The molecule has 2 aromatic carbocycles. The van der Waals surface area contributed by atoms with Gasteiger partial charge in [-0.25, -0.2) is 4.68 Å². The van der Waals surface area contributed by atoms with Crippen molar-refractivity contribution in [3.8, 4) is 11.5 Å². The first-order chi connectivity index (χ1) is 11.8. The average Bonchev–Trinajstić information content (AvgIpc) is 3.13. The molecule has 1 aromatic heterocycles. The number of aromatic nitrogens is 3. The highest BCUT2D eigenvalue weighted by Crippen LogP contribution is 2.36. The van der Waals surface area contributed by atoms with E-state index in [9.17, 15) is 0 Å². The lowest BCUT2D eigenvalue weighted by atomic mass is 10.2. The van der Waals surface area contributed by atoms with E-state index in [2.05, 4.69) is 15.3 Å². The number of hydrogen-bond acceptors (Lipinski definition) is 5. The molecule has 0 unspecified atom stereocenters. The third-order valence-electron chi connectivity index (χ3n) is 3.22. The summed E-state index contributed by atoms with van der Waals surface area (Å²) in [5.41, 5.74) is 1.83. The highest BCUT2D eigenvalue weighted by atomic mass is 35.5. The van der Waals surface area contributed by atoms with Crippen molar-refractivity contribution in [3.63, 3.8) is 0 Å². The second kappa shape index (κ2) is 7.61. The fourth-order valence-corrected chi connectivity index (χ4v) is 2.35. The second-order valence-corrected chi connectivity index (χ2v) is 5.30. The zero-order valence-corrected chi connectivity index (χ0v) is 13.7. The molecule has 0 radical (unpaired) electrons. The van der Waals surface area contributed by atoms with Gasteiger partial charge in [-0.2, -0.15) is 5.10 Å². The molecule has 0 fully saturated rings. The van der Waals surface area contributed by atoms with Gasteiger partial charge in [0, 0.05) is 0 Å². The summed E-state index contributed by atoms with van der Waals surface area (Å²) in [6.07, 6.45) is 4.62. The van der Waals surface area contributed by atoms with E-state index >= 15 is 0 Å². The largest absolute Gasteiger partial charge is 0.493 e. The van der Waals surface area contributed by atoms with Gasteiger partial charge in [0.25, 0.3) is 0 Å². The summed E-state index contributed by atoms with van der Waals surface area (Å²) in [4.78, 5) is 0. The molecule has 0 saturated carbocycles. The molecule has 6 nitrogen and oxygen atoms in total. The lowest BCUT2D eigenvalue weighted by Gasteiger charge is -2.13. The smallest absolute Gasteiger partial charge is 0.180 e. The van der Waals surface area contributed by atoms with Crippen LogP contribution in [-0.2, 0) is 6.61 Å². The molecule has 0 aliphatic heterocycles. The Balaban J connectivity index is 1.79. The van der Waals surface area contributed by atoms with Gasteiger partial charge in [-0.05, 0) is 23.3 Å². The molecule has 0 atom stereocenters. The van der Waals surface area contributed by atoms with Gasteiger partial charge in [0.2, 0.25) is 0 Å². The Morgan fingerprint density at radius 2 is 1.92 bits per heavy atom. The van der Waals surface area contributed by atoms with Gasteiger partial charge < -0.3 is 9.47 Å². The molecule has 0 N–H and O–H groups in total. The van der Waals surface area contributed by atoms with Crippen molar-refractivity contribution in [2.75, 3.05) is 7.11 Å². The fraction of sp³-hybridized carbons (Fsp3) is 0.118. The zero-order chi connectivity index (χ0) is 16.8. The molecular formula is C17H15ClN4O2. The van der Waals surface area contributed by atoms with Crippen LogP contribution in [0.3, 0.4) is 0 Å². The zero-order valence-electron chi connectivity index (χ0n) is 13.0. The van der Waals surface area contributed by atoms with Crippen LogP contribution >= 0.6 is 11.6 Å². The summed E-state index contributed by atoms with van der Waals surface area (Å²) < 4.78 is 12.7. The van der Waals surface area contributed by atoms with Crippen LogP contribution in [0.25, 0.3) is 0 Å². The van der Waals surface area contributed by atoms with Crippen molar-refractivity contribution in [2.45, 2.75) is 6.61 Å². The van der Waals surface area contributed by atoms with E-state index in [1.165, 1.54) is 17.3 Å². The van der Waals surface area contributed by atoms with Crippen molar-refractivity contribution >= 4 is 17.8 Å². The van der Waals surface area contributed by atoms with Crippen LogP contribution in [0.2, 0.25) is 5.02 Å². The Morgan fingerprint density at radius 3 is 2.62 bits per heavy atom. The summed E-state index contributed by atoms with van der Waals surface area (Å²) in [5.74, 6) is 1.05. The van der Waals surface area contributed by atoms with E-state index in [4.69, 9.17) is 21.1 Å². The number of hydrogen-bond donors (Lipinski definition) is 0. The minimum Gasteiger partial charge on any atom is -0.493 e. The van der Waals surface area contributed by atoms with E-state index in [0.717, 1.165) is 11.1 Å². The lowest BCUT2D eigenvalue weighted by Crippen LogP contribution is -1.99. The maximum Gasteiger partial charge on any atom is 0.180 e. The Kier molecular flexibility index (Phi) is 5.08. The van der Waals surface area contributed by atoms with Gasteiger partial charge in [0.1, 0.15) is 19.3 Å². The van der Waals surface area contributed by atoms with Crippen LogP contribution in [0.1, 0.15) is 11.1 Å². The molecule has 0 aliphatic carbocycles. The van der Waals surface area contributed by atoms with Gasteiger partial charge in [0.05, 0.1) is 18.3 Å². The first-order valence-electron chi connectivity index (χ1n) is 7.19. The average molecular weight is 343 g/mol. The molecule has 122 valence electrons. The van der Waals surface area contributed by atoms with Gasteiger partial charge in [-0.15, -0.1) is 10.2 Å². The lowest BCUT2D eigenvalue weighted by molar-refractivity contribution is 0.284. The Labute approximate surface area is 144 Å². The van der Waals surface area contributed by atoms with E-state index in [0.29, 0.717) is 23.1 Å². The summed E-state index contributed by atoms with van der Waals surface area (Å²) in [5, 5.41) is 12.0. The number of methoxy groups -OCH3 is 1. The molecule has 3 aromatic rings. The summed E-state index contributed by atoms with van der Waals surface area (Å²) >= 11 is 6.34. The first kappa shape index (κ1) is 16.0. The van der Waals surface area contributed by atoms with Crippen molar-refractivity contribution in [3.05, 3.63) is 71.3 Å². The van der Waals surface area contributed by atoms with Crippen molar-refractivity contribution in [2.24, 2.45) is 5.10 Å². The topological polar surface area (TPSA) is 61.5 Å². The van der Waals surface area contributed by atoms with E-state index in [-0.39, 0.29) is 0 Å². The monoisotopic (exact) mass is 342 g/mol. The third-order valence-corrected chi connectivity index (χ3v) is 3.51. The highest BCUT2D eigenvalue weighted by molar-refractivity contribution is 6.32. The predicted octanol–water partition coefficient (Wildman–Crippen LogP) is 3.40. The molecule has 0 aliphatic rings. The van der Waals surface area contributed by atoms with Crippen LogP contribution in [0, 0.1) is 0 Å². The number of rotatable bonds is 6. The van der Waals surface area contributed by atoms with Crippen molar-refractivity contribution in [1.82, 2.24) is 14.9 Å². The number of halogens is 1. The van der Waals surface area contributed by atoms with Crippen LogP contribution in [0.5, 0.6) is 11.5 Å². The molecule has 1 heterocycles. The minimum absolute atomic E-state index is 0.408. The molecule has 3 rings (SSSR count). The van der Waals surface area contributed by atoms with Gasteiger partial charge in [-0.3, -0.25) is 0 Å². The number of nitrogens with zero attached hydrogens (tertiary/aromatic N) is 4. The first-order valence-corrected chi connectivity index (χ1v) is 7.57. The minimum atomic E-state index is 0.408. The van der Waals surface area contributed by atoms with E-state index < -0.39 is 0 Å². The van der Waals surface area contributed by atoms with Gasteiger partial charge in [0.15, 0.2) is 11.5 Å². The molecule has 0 amide bonds. The Morgan fingerprint density at radius 1 is 1.17 bits per heavy atom. The second-order valence-electron chi connectivity index (χ2n) is 4.89. The summed E-state index contributed by atoms with van der Waals surface area (Å²) in [6.45, 7) is 0.408. The molecule has 0 bridgehead atoms. The van der Waals surface area contributed by atoms with Crippen LogP contribution < -0.4 is 9.47 Å². The SMILES string of the molecule is COc1cc(/C=N\n2cnnc2)cc(Cl)c1OCc1ccccc1. The molecule has 24 heavy (non-hydrogen) atoms. The van der Waals surface area contributed by atoms with Gasteiger partial charge in [-0.1, -0.05) is 41.9 Å². The highest BCUT2D eigenvalue weighted by Gasteiger charge is 2.12. The van der Waals surface area contributed by atoms with E-state index in [1.807, 2.05) is 30.3 Å². The molecular weight excluding hydrogens is 328 g/mol. The quantitative estimate of drug-likeness (QED) is 0.644. The Hall–Kier alpha value is -2.86. The number of benzene rings is 2. The summed E-state index contributed by atoms with van der Waals surface area (Å²) in [6, 6.07) is 13.4. The van der Waals surface area contributed by atoms with Gasteiger partial charge >= 0.3 is 0 Å². The van der Waals surface area contributed by atoms with E-state index in [1.54, 1.807) is 25.5 Å². The van der Waals surface area contributed by atoms with Crippen molar-refractivity contribution in [1.29, 1.82) is 0 Å². The standard InChI is InChI=1S/C17H15ClN4O2/c1-23-16-8-14(9-21-22-11-19-20-12-22)7-15(18)17(16)24-10-13-5-3-2-4-6-13/h2-9,11-12H,10H2,1H3/b21-9-. The third kappa shape index (κ3) is 3.91. The maximum absolute atomic E-state index is 6.34. The predicted molar refractivity (Wildman–Crippen MR) is 91.8 cm³/mol. The Bertz CT molecular complexity index is 820. The molecule has 0 spiro atoms. The van der Waals surface area contributed by atoms with Crippen LogP contribution in [0.15, 0.2) is 60.2 Å².